The number of nitrogens with zero attached hydrogens (tertiary/aromatic N) is 1. The molecule has 1 aromatic rings. The molecule has 3 aliphatic heterocycles. The first-order chi connectivity index (χ1) is 12.6. The van der Waals surface area contributed by atoms with E-state index >= 15 is 0 Å². The van der Waals surface area contributed by atoms with Crippen LogP contribution in [0.4, 0.5) is 0 Å². The fourth-order valence-electron chi connectivity index (χ4n) is 4.91. The van der Waals surface area contributed by atoms with Gasteiger partial charge in [0.2, 0.25) is 0 Å². The SMILES string of the molecule is COc1cccc(C(=O)N2C[C@H]3COCC[C@@]3(O)[C@@H]3COCC[C@@H]32)c1C. The van der Waals surface area contributed by atoms with E-state index in [2.05, 4.69) is 0 Å². The van der Waals surface area contributed by atoms with Crippen LogP contribution in [0.15, 0.2) is 18.2 Å². The van der Waals surface area contributed by atoms with Gasteiger partial charge < -0.3 is 24.2 Å². The van der Waals surface area contributed by atoms with E-state index in [1.807, 2.05) is 30.0 Å². The zero-order valence-electron chi connectivity index (χ0n) is 15.4. The lowest BCUT2D eigenvalue weighted by Crippen LogP contribution is -2.68. The summed E-state index contributed by atoms with van der Waals surface area (Å²) in [6.07, 6.45) is 1.37. The minimum Gasteiger partial charge on any atom is -0.496 e. The van der Waals surface area contributed by atoms with Crippen LogP contribution in [-0.4, -0.2) is 67.6 Å². The Balaban J connectivity index is 1.68. The Morgan fingerprint density at radius 1 is 1.31 bits per heavy atom. The van der Waals surface area contributed by atoms with Gasteiger partial charge in [0.1, 0.15) is 5.75 Å². The Hall–Kier alpha value is -1.63. The lowest BCUT2D eigenvalue weighted by atomic mass is 9.66. The maximum absolute atomic E-state index is 13.4. The second kappa shape index (κ2) is 6.83. The van der Waals surface area contributed by atoms with Crippen LogP contribution in [0.1, 0.15) is 28.8 Å². The normalized spacial score (nSPS) is 34.0. The van der Waals surface area contributed by atoms with Gasteiger partial charge in [-0.25, -0.2) is 0 Å². The van der Waals surface area contributed by atoms with E-state index < -0.39 is 5.60 Å². The van der Waals surface area contributed by atoms with Gasteiger partial charge in [-0.1, -0.05) is 6.07 Å². The molecular formula is C20H27NO5. The van der Waals surface area contributed by atoms with E-state index in [9.17, 15) is 9.90 Å². The lowest BCUT2D eigenvalue weighted by Gasteiger charge is -2.57. The Kier molecular flexibility index (Phi) is 4.67. The van der Waals surface area contributed by atoms with Crippen LogP contribution < -0.4 is 4.74 Å². The number of carbonyl (C=O) groups excluding carboxylic acids is 1. The van der Waals surface area contributed by atoms with Crippen LogP contribution in [0.25, 0.3) is 0 Å². The lowest BCUT2D eigenvalue weighted by molar-refractivity contribution is -0.212. The van der Waals surface area contributed by atoms with Crippen LogP contribution in [0, 0.1) is 18.8 Å². The highest BCUT2D eigenvalue weighted by atomic mass is 16.5. The van der Waals surface area contributed by atoms with Crippen molar-refractivity contribution in [2.75, 3.05) is 40.1 Å². The van der Waals surface area contributed by atoms with Crippen molar-refractivity contribution in [3.8, 4) is 5.75 Å². The number of ether oxygens (including phenoxy) is 3. The number of aliphatic hydroxyl groups is 1. The molecule has 1 N–H and O–H groups in total. The van der Waals surface area contributed by atoms with Crippen molar-refractivity contribution >= 4 is 5.91 Å². The van der Waals surface area contributed by atoms with Gasteiger partial charge in [-0.15, -0.1) is 0 Å². The summed E-state index contributed by atoms with van der Waals surface area (Å²) in [6.45, 7) is 4.61. The summed E-state index contributed by atoms with van der Waals surface area (Å²) in [7, 11) is 1.62. The minimum atomic E-state index is -0.802. The third kappa shape index (κ3) is 2.71. The largest absolute Gasteiger partial charge is 0.496 e. The molecule has 4 atom stereocenters. The zero-order chi connectivity index (χ0) is 18.3. The highest BCUT2D eigenvalue weighted by Gasteiger charge is 2.56. The standard InChI is InChI=1S/C20H27NO5/c1-13-15(4-3-5-18(13)24-2)19(22)21-10-14-11-26-9-7-20(14,23)16-12-25-8-6-17(16)21/h3-5,14,16-17,23H,6-12H2,1-2H3/t14-,16+,17-,20-/m0/s1. The second-order valence-electron chi connectivity index (χ2n) is 7.64. The summed E-state index contributed by atoms with van der Waals surface area (Å²) in [6, 6.07) is 5.58. The molecule has 1 amide bonds. The van der Waals surface area contributed by atoms with Crippen molar-refractivity contribution in [1.29, 1.82) is 0 Å². The summed E-state index contributed by atoms with van der Waals surface area (Å²) < 4.78 is 16.7. The number of piperidine rings is 1. The van der Waals surface area contributed by atoms with Crippen molar-refractivity contribution < 1.29 is 24.1 Å². The van der Waals surface area contributed by atoms with E-state index in [0.717, 1.165) is 12.0 Å². The fraction of sp³-hybridized carbons (Fsp3) is 0.650. The molecule has 0 spiro atoms. The van der Waals surface area contributed by atoms with E-state index in [4.69, 9.17) is 14.2 Å². The summed E-state index contributed by atoms with van der Waals surface area (Å²) in [5, 5.41) is 11.4. The molecule has 3 fully saturated rings. The maximum Gasteiger partial charge on any atom is 0.254 e. The van der Waals surface area contributed by atoms with Crippen molar-refractivity contribution in [3.63, 3.8) is 0 Å². The topological polar surface area (TPSA) is 68.2 Å². The van der Waals surface area contributed by atoms with Crippen molar-refractivity contribution in [3.05, 3.63) is 29.3 Å². The summed E-state index contributed by atoms with van der Waals surface area (Å²) in [5.74, 6) is 0.586. The average molecular weight is 361 g/mol. The Labute approximate surface area is 154 Å². The van der Waals surface area contributed by atoms with Crippen LogP contribution in [0.2, 0.25) is 0 Å². The molecule has 0 saturated carbocycles. The van der Waals surface area contributed by atoms with Gasteiger partial charge in [-0.2, -0.15) is 0 Å². The molecule has 4 rings (SSSR count). The van der Waals surface area contributed by atoms with Crippen molar-refractivity contribution in [2.24, 2.45) is 11.8 Å². The first-order valence-corrected chi connectivity index (χ1v) is 9.38. The molecule has 0 unspecified atom stereocenters. The molecule has 142 valence electrons. The van der Waals surface area contributed by atoms with Gasteiger partial charge >= 0.3 is 0 Å². The monoisotopic (exact) mass is 361 g/mol. The van der Waals surface area contributed by atoms with E-state index in [0.29, 0.717) is 50.7 Å². The third-order valence-corrected chi connectivity index (χ3v) is 6.45. The Morgan fingerprint density at radius 3 is 2.92 bits per heavy atom. The van der Waals surface area contributed by atoms with Crippen LogP contribution in [-0.2, 0) is 9.47 Å². The Bertz CT molecular complexity index is 693. The van der Waals surface area contributed by atoms with Gasteiger partial charge in [-0.05, 0) is 25.5 Å². The number of hydrogen-bond donors (Lipinski definition) is 1. The molecule has 3 saturated heterocycles. The van der Waals surface area contributed by atoms with E-state index in [1.165, 1.54) is 0 Å². The molecule has 1 aromatic carbocycles. The Morgan fingerprint density at radius 2 is 2.12 bits per heavy atom. The number of fused-ring (bicyclic) bond motifs is 3. The van der Waals surface area contributed by atoms with Gasteiger partial charge in [-0.3, -0.25) is 4.79 Å². The van der Waals surface area contributed by atoms with Crippen molar-refractivity contribution in [2.45, 2.75) is 31.4 Å². The van der Waals surface area contributed by atoms with Gasteiger partial charge in [0, 0.05) is 55.2 Å². The molecule has 0 bridgehead atoms. The molecule has 0 radical (unpaired) electrons. The van der Waals surface area contributed by atoms with Crippen LogP contribution in [0.5, 0.6) is 5.75 Å². The predicted molar refractivity (Wildman–Crippen MR) is 95.4 cm³/mol. The van der Waals surface area contributed by atoms with Crippen LogP contribution >= 0.6 is 0 Å². The van der Waals surface area contributed by atoms with Crippen molar-refractivity contribution in [1.82, 2.24) is 4.90 Å². The molecule has 26 heavy (non-hydrogen) atoms. The number of carbonyl (C=O) groups is 1. The molecule has 6 heteroatoms. The molecule has 0 aliphatic carbocycles. The smallest absolute Gasteiger partial charge is 0.254 e. The van der Waals surface area contributed by atoms with Crippen LogP contribution in [0.3, 0.4) is 0 Å². The first kappa shape index (κ1) is 17.8. The average Bonchev–Trinajstić information content (AvgIpc) is 2.67. The van der Waals surface area contributed by atoms with Gasteiger partial charge in [0.05, 0.1) is 25.9 Å². The fourth-order valence-corrected chi connectivity index (χ4v) is 4.91. The third-order valence-electron chi connectivity index (χ3n) is 6.45. The second-order valence-corrected chi connectivity index (χ2v) is 7.64. The number of benzene rings is 1. The number of amides is 1. The number of likely N-dealkylation sites (tertiary alicyclic amines) is 1. The first-order valence-electron chi connectivity index (χ1n) is 9.38. The molecule has 3 heterocycles. The highest BCUT2D eigenvalue weighted by molar-refractivity contribution is 5.96. The quantitative estimate of drug-likeness (QED) is 0.867. The zero-order valence-corrected chi connectivity index (χ0v) is 15.4. The molecule has 6 nitrogen and oxygen atoms in total. The summed E-state index contributed by atoms with van der Waals surface area (Å²) >= 11 is 0. The predicted octanol–water partition coefficient (Wildman–Crippen LogP) is 1.63. The minimum absolute atomic E-state index is 0.00111. The molecule has 0 aromatic heterocycles. The highest BCUT2D eigenvalue weighted by Crippen LogP contribution is 2.44. The van der Waals surface area contributed by atoms with Gasteiger partial charge in [0.25, 0.3) is 5.91 Å². The number of methoxy groups -OCH3 is 1. The van der Waals surface area contributed by atoms with E-state index in [1.54, 1.807) is 7.11 Å². The van der Waals surface area contributed by atoms with E-state index in [-0.39, 0.29) is 23.8 Å². The maximum atomic E-state index is 13.4. The molecule has 3 aliphatic rings. The molecular weight excluding hydrogens is 334 g/mol. The number of hydrogen-bond acceptors (Lipinski definition) is 5. The summed E-state index contributed by atoms with van der Waals surface area (Å²) in [4.78, 5) is 15.4. The number of rotatable bonds is 2. The van der Waals surface area contributed by atoms with Gasteiger partial charge in [0.15, 0.2) is 0 Å². The summed E-state index contributed by atoms with van der Waals surface area (Å²) in [5.41, 5.74) is 0.713.